The summed E-state index contributed by atoms with van der Waals surface area (Å²) in [7, 11) is 1.95. The fourth-order valence-electron chi connectivity index (χ4n) is 1.66. The second kappa shape index (κ2) is 3.75. The van der Waals surface area contributed by atoms with Crippen LogP contribution in [0.25, 0.3) is 0 Å². The van der Waals surface area contributed by atoms with Crippen LogP contribution >= 0.6 is 11.6 Å². The van der Waals surface area contributed by atoms with Gasteiger partial charge in [-0.3, -0.25) is 0 Å². The number of rotatable bonds is 2. The van der Waals surface area contributed by atoms with E-state index < -0.39 is 0 Å². The van der Waals surface area contributed by atoms with E-state index in [-0.39, 0.29) is 12.1 Å². The van der Waals surface area contributed by atoms with Crippen molar-refractivity contribution in [3.8, 4) is 0 Å². The van der Waals surface area contributed by atoms with Gasteiger partial charge in [0, 0.05) is 13.2 Å². The third-order valence-corrected chi connectivity index (χ3v) is 3.00. The predicted molar refractivity (Wildman–Crippen MR) is 56.7 cm³/mol. The smallest absolute Gasteiger partial charge is 0.128 e. The molecule has 3 nitrogen and oxygen atoms in total. The Hall–Kier alpha value is -0.800. The Balaban J connectivity index is 2.10. The molecule has 2 unspecified atom stereocenters. The van der Waals surface area contributed by atoms with Crippen molar-refractivity contribution in [3.05, 3.63) is 23.4 Å². The second-order valence-electron chi connectivity index (χ2n) is 3.66. The van der Waals surface area contributed by atoms with Crippen LogP contribution in [0, 0.1) is 0 Å². The van der Waals surface area contributed by atoms with Crippen molar-refractivity contribution in [3.63, 3.8) is 0 Å². The van der Waals surface area contributed by atoms with Crippen LogP contribution in [-0.4, -0.2) is 29.3 Å². The van der Waals surface area contributed by atoms with Crippen LogP contribution in [-0.2, 0) is 0 Å². The highest BCUT2D eigenvalue weighted by atomic mass is 35.5. The average Bonchev–Trinajstić information content (AvgIpc) is 2.16. The van der Waals surface area contributed by atoms with Gasteiger partial charge in [0.25, 0.3) is 0 Å². The summed E-state index contributed by atoms with van der Waals surface area (Å²) >= 11 is 5.74. The van der Waals surface area contributed by atoms with Gasteiger partial charge in [0.1, 0.15) is 5.82 Å². The molecule has 4 heteroatoms. The number of hydrogen-bond acceptors (Lipinski definition) is 3. The lowest BCUT2D eigenvalue weighted by atomic mass is 9.88. The minimum atomic E-state index is -0.211. The quantitative estimate of drug-likeness (QED) is 0.811. The molecule has 0 aromatic carbocycles. The maximum absolute atomic E-state index is 9.50. The summed E-state index contributed by atoms with van der Waals surface area (Å²) < 4.78 is 0. The molecule has 0 aliphatic heterocycles. The van der Waals surface area contributed by atoms with Crippen molar-refractivity contribution < 1.29 is 5.11 Å². The lowest BCUT2D eigenvalue weighted by Crippen LogP contribution is -2.49. The van der Waals surface area contributed by atoms with E-state index in [0.29, 0.717) is 5.02 Å². The number of nitrogens with zero attached hydrogens (tertiary/aromatic N) is 2. The first-order chi connectivity index (χ1) is 6.68. The van der Waals surface area contributed by atoms with Crippen LogP contribution in [0.1, 0.15) is 12.8 Å². The summed E-state index contributed by atoms with van der Waals surface area (Å²) in [6, 6.07) is 3.89. The first-order valence-electron chi connectivity index (χ1n) is 4.71. The molecule has 1 aliphatic rings. The van der Waals surface area contributed by atoms with E-state index in [4.69, 9.17) is 11.6 Å². The van der Waals surface area contributed by atoms with Crippen molar-refractivity contribution in [2.75, 3.05) is 11.9 Å². The van der Waals surface area contributed by atoms with Crippen molar-refractivity contribution >= 4 is 17.4 Å². The minimum absolute atomic E-state index is 0.211. The van der Waals surface area contributed by atoms with Gasteiger partial charge in [-0.05, 0) is 25.0 Å². The maximum atomic E-state index is 9.50. The number of halogens is 1. The van der Waals surface area contributed by atoms with Gasteiger partial charge in [0.05, 0.1) is 17.2 Å². The third kappa shape index (κ3) is 1.70. The number of aliphatic hydroxyl groups is 1. The van der Waals surface area contributed by atoms with Gasteiger partial charge in [-0.15, -0.1) is 0 Å². The molecule has 0 saturated heterocycles. The Bertz CT molecular complexity index is 314. The number of aromatic nitrogens is 1. The van der Waals surface area contributed by atoms with E-state index in [9.17, 15) is 5.11 Å². The number of hydrogen-bond donors (Lipinski definition) is 1. The molecule has 1 aromatic heterocycles. The molecule has 2 atom stereocenters. The molecule has 0 radical (unpaired) electrons. The molecule has 1 aliphatic carbocycles. The second-order valence-corrected chi connectivity index (χ2v) is 4.09. The van der Waals surface area contributed by atoms with E-state index in [0.717, 1.165) is 18.7 Å². The lowest BCUT2D eigenvalue weighted by molar-refractivity contribution is 0.0665. The highest BCUT2D eigenvalue weighted by Gasteiger charge is 2.32. The molecular weight excluding hydrogens is 200 g/mol. The van der Waals surface area contributed by atoms with E-state index in [1.807, 2.05) is 24.1 Å². The third-order valence-electron chi connectivity index (χ3n) is 2.77. The molecule has 1 N–H and O–H groups in total. The number of pyridine rings is 1. The molecule has 1 saturated carbocycles. The fraction of sp³-hybridized carbons (Fsp3) is 0.500. The summed E-state index contributed by atoms with van der Waals surface area (Å²) in [4.78, 5) is 6.20. The zero-order valence-electron chi connectivity index (χ0n) is 8.02. The fourth-order valence-corrected chi connectivity index (χ4v) is 1.77. The topological polar surface area (TPSA) is 36.4 Å². The van der Waals surface area contributed by atoms with E-state index >= 15 is 0 Å². The largest absolute Gasteiger partial charge is 0.391 e. The first-order valence-corrected chi connectivity index (χ1v) is 5.09. The molecule has 14 heavy (non-hydrogen) atoms. The Morgan fingerprint density at radius 2 is 2.29 bits per heavy atom. The van der Waals surface area contributed by atoms with Crippen LogP contribution in [0.15, 0.2) is 18.3 Å². The predicted octanol–water partition coefficient (Wildman–Crippen LogP) is 1.69. The Morgan fingerprint density at radius 1 is 1.50 bits per heavy atom. The molecule has 1 heterocycles. The van der Waals surface area contributed by atoms with E-state index in [2.05, 4.69) is 4.98 Å². The van der Waals surface area contributed by atoms with E-state index in [1.165, 1.54) is 0 Å². The summed E-state index contributed by atoms with van der Waals surface area (Å²) in [5.74, 6) is 0.859. The monoisotopic (exact) mass is 212 g/mol. The maximum Gasteiger partial charge on any atom is 0.128 e. The van der Waals surface area contributed by atoms with Gasteiger partial charge in [-0.2, -0.15) is 0 Å². The van der Waals surface area contributed by atoms with Gasteiger partial charge >= 0.3 is 0 Å². The standard InChI is InChI=1S/C10H13ClN2O/c1-13(8-3-4-9(8)14)10-5-2-7(11)6-12-10/h2,5-6,8-9,14H,3-4H2,1H3. The van der Waals surface area contributed by atoms with Crippen LogP contribution in [0.4, 0.5) is 5.82 Å². The van der Waals surface area contributed by atoms with Crippen molar-refractivity contribution in [2.24, 2.45) is 0 Å². The normalized spacial score (nSPS) is 25.6. The molecular formula is C10H13ClN2O. The molecule has 0 spiro atoms. The zero-order valence-corrected chi connectivity index (χ0v) is 8.78. The number of likely N-dealkylation sites (N-methyl/N-ethyl adjacent to an activating group) is 1. The highest BCUT2D eigenvalue weighted by Crippen LogP contribution is 2.27. The molecule has 1 aromatic rings. The van der Waals surface area contributed by atoms with Gasteiger partial charge in [0.15, 0.2) is 0 Å². The summed E-state index contributed by atoms with van der Waals surface area (Å²) in [6.45, 7) is 0. The summed E-state index contributed by atoms with van der Waals surface area (Å²) in [6.07, 6.45) is 3.33. The van der Waals surface area contributed by atoms with Crippen LogP contribution in [0.2, 0.25) is 5.02 Å². The van der Waals surface area contributed by atoms with Gasteiger partial charge in [0.2, 0.25) is 0 Å². The number of anilines is 1. The minimum Gasteiger partial charge on any atom is -0.391 e. The molecule has 1 fully saturated rings. The first kappa shape index (κ1) is 9.74. The van der Waals surface area contributed by atoms with Crippen molar-refractivity contribution in [1.82, 2.24) is 4.98 Å². The van der Waals surface area contributed by atoms with Gasteiger partial charge in [-0.25, -0.2) is 4.98 Å². The molecule has 76 valence electrons. The Morgan fingerprint density at radius 3 is 2.71 bits per heavy atom. The highest BCUT2D eigenvalue weighted by molar-refractivity contribution is 6.30. The summed E-state index contributed by atoms with van der Waals surface area (Å²) in [5.41, 5.74) is 0. The van der Waals surface area contributed by atoms with Gasteiger partial charge in [-0.1, -0.05) is 11.6 Å². The molecule has 2 rings (SSSR count). The van der Waals surface area contributed by atoms with Crippen LogP contribution < -0.4 is 4.90 Å². The van der Waals surface area contributed by atoms with Crippen molar-refractivity contribution in [2.45, 2.75) is 25.0 Å². The Kier molecular flexibility index (Phi) is 2.61. The SMILES string of the molecule is CN(c1ccc(Cl)cn1)C1CCC1O. The Labute approximate surface area is 88.3 Å². The van der Waals surface area contributed by atoms with Crippen LogP contribution in [0.5, 0.6) is 0 Å². The van der Waals surface area contributed by atoms with E-state index in [1.54, 1.807) is 6.20 Å². The van der Waals surface area contributed by atoms with Crippen LogP contribution in [0.3, 0.4) is 0 Å². The molecule has 0 amide bonds. The zero-order chi connectivity index (χ0) is 10.1. The molecule has 0 bridgehead atoms. The number of aliphatic hydroxyl groups excluding tert-OH is 1. The average molecular weight is 213 g/mol. The van der Waals surface area contributed by atoms with Gasteiger partial charge < -0.3 is 10.0 Å². The lowest BCUT2D eigenvalue weighted by Gasteiger charge is -2.40. The van der Waals surface area contributed by atoms with Crippen molar-refractivity contribution in [1.29, 1.82) is 0 Å². The summed E-state index contributed by atoms with van der Waals surface area (Å²) in [5, 5.41) is 10.1.